The maximum absolute atomic E-state index is 11.5. The third-order valence-corrected chi connectivity index (χ3v) is 2.45. The summed E-state index contributed by atoms with van der Waals surface area (Å²) in [4.78, 5) is 23.4. The van der Waals surface area contributed by atoms with Crippen molar-refractivity contribution in [2.75, 3.05) is 13.1 Å². The zero-order valence-electron chi connectivity index (χ0n) is 9.10. The molecule has 0 saturated carbocycles. The Morgan fingerprint density at radius 3 is 2.27 bits per heavy atom. The fourth-order valence-electron chi connectivity index (χ4n) is 1.64. The minimum absolute atomic E-state index is 0.102. The standard InChI is InChI=1S/C10H17NO4/c1-7(2)15-9(12)8-3-5-11(6-4-8)10(13)14/h7-8H,3-6H2,1-2H3,(H,13,14). The zero-order chi connectivity index (χ0) is 11.4. The second-order valence-corrected chi connectivity index (χ2v) is 4.03. The molecule has 1 aliphatic rings. The molecule has 1 N–H and O–H groups in total. The third-order valence-electron chi connectivity index (χ3n) is 2.45. The number of ether oxygens (including phenoxy) is 1. The summed E-state index contributed by atoms with van der Waals surface area (Å²) in [5, 5.41) is 8.72. The number of piperidine rings is 1. The topological polar surface area (TPSA) is 66.8 Å². The van der Waals surface area contributed by atoms with Gasteiger partial charge in [0.15, 0.2) is 0 Å². The van der Waals surface area contributed by atoms with E-state index in [2.05, 4.69) is 0 Å². The molecule has 0 aliphatic carbocycles. The molecule has 0 spiro atoms. The number of likely N-dealkylation sites (tertiary alicyclic amines) is 1. The molecular weight excluding hydrogens is 198 g/mol. The van der Waals surface area contributed by atoms with Crippen LogP contribution in [0.15, 0.2) is 0 Å². The van der Waals surface area contributed by atoms with Gasteiger partial charge >= 0.3 is 12.1 Å². The van der Waals surface area contributed by atoms with E-state index in [1.54, 1.807) is 0 Å². The van der Waals surface area contributed by atoms with E-state index < -0.39 is 6.09 Å². The van der Waals surface area contributed by atoms with Crippen molar-refractivity contribution in [2.45, 2.75) is 32.8 Å². The number of esters is 1. The highest BCUT2D eigenvalue weighted by Crippen LogP contribution is 2.19. The van der Waals surface area contributed by atoms with Crippen molar-refractivity contribution in [2.24, 2.45) is 5.92 Å². The fraction of sp³-hybridized carbons (Fsp3) is 0.800. The minimum Gasteiger partial charge on any atom is -0.465 e. The summed E-state index contributed by atoms with van der Waals surface area (Å²) in [6, 6.07) is 0. The SMILES string of the molecule is CC(C)OC(=O)C1CCN(C(=O)O)CC1. The Balaban J connectivity index is 2.37. The van der Waals surface area contributed by atoms with Crippen molar-refractivity contribution >= 4 is 12.1 Å². The van der Waals surface area contributed by atoms with Gasteiger partial charge in [-0.15, -0.1) is 0 Å². The van der Waals surface area contributed by atoms with E-state index in [1.165, 1.54) is 4.90 Å². The van der Waals surface area contributed by atoms with E-state index in [1.807, 2.05) is 13.8 Å². The molecule has 1 aliphatic heterocycles. The lowest BCUT2D eigenvalue weighted by molar-refractivity contribution is -0.153. The van der Waals surface area contributed by atoms with Gasteiger partial charge in [0.25, 0.3) is 0 Å². The lowest BCUT2D eigenvalue weighted by atomic mass is 9.97. The van der Waals surface area contributed by atoms with Crippen LogP contribution in [0.1, 0.15) is 26.7 Å². The van der Waals surface area contributed by atoms with Crippen LogP contribution in [0.5, 0.6) is 0 Å². The molecule has 5 heteroatoms. The monoisotopic (exact) mass is 215 g/mol. The summed E-state index contributed by atoms with van der Waals surface area (Å²) >= 11 is 0. The number of rotatable bonds is 2. The van der Waals surface area contributed by atoms with Crippen molar-refractivity contribution < 1.29 is 19.4 Å². The van der Waals surface area contributed by atoms with Crippen molar-refractivity contribution in [3.63, 3.8) is 0 Å². The predicted octanol–water partition coefficient (Wildman–Crippen LogP) is 1.33. The first-order valence-corrected chi connectivity index (χ1v) is 5.19. The normalized spacial score (nSPS) is 17.9. The smallest absolute Gasteiger partial charge is 0.407 e. The number of hydrogen-bond acceptors (Lipinski definition) is 3. The second-order valence-electron chi connectivity index (χ2n) is 4.03. The second kappa shape index (κ2) is 5.00. The van der Waals surface area contributed by atoms with Gasteiger partial charge in [-0.3, -0.25) is 4.79 Å². The maximum Gasteiger partial charge on any atom is 0.407 e. The molecule has 86 valence electrons. The summed E-state index contributed by atoms with van der Waals surface area (Å²) in [7, 11) is 0. The molecule has 0 aromatic rings. The molecule has 0 bridgehead atoms. The van der Waals surface area contributed by atoms with E-state index in [0.29, 0.717) is 25.9 Å². The van der Waals surface area contributed by atoms with Crippen LogP contribution in [-0.2, 0) is 9.53 Å². The molecule has 0 unspecified atom stereocenters. The Bertz CT molecular complexity index is 244. The lowest BCUT2D eigenvalue weighted by Crippen LogP contribution is -2.40. The van der Waals surface area contributed by atoms with Crippen LogP contribution in [0.3, 0.4) is 0 Å². The first kappa shape index (κ1) is 11.8. The van der Waals surface area contributed by atoms with Crippen molar-refractivity contribution in [1.82, 2.24) is 4.90 Å². The van der Waals surface area contributed by atoms with Gasteiger partial charge in [-0.25, -0.2) is 4.79 Å². The van der Waals surface area contributed by atoms with Crippen LogP contribution in [-0.4, -0.2) is 41.3 Å². The van der Waals surface area contributed by atoms with Crippen molar-refractivity contribution in [3.8, 4) is 0 Å². The van der Waals surface area contributed by atoms with Gasteiger partial charge in [0.2, 0.25) is 0 Å². The van der Waals surface area contributed by atoms with Gasteiger partial charge in [-0.2, -0.15) is 0 Å². The first-order chi connectivity index (χ1) is 7.00. The largest absolute Gasteiger partial charge is 0.465 e. The predicted molar refractivity (Wildman–Crippen MR) is 53.5 cm³/mol. The van der Waals surface area contributed by atoms with Crippen molar-refractivity contribution in [3.05, 3.63) is 0 Å². The van der Waals surface area contributed by atoms with Crippen LogP contribution in [0.2, 0.25) is 0 Å². The molecule has 0 radical (unpaired) electrons. The molecule has 1 saturated heterocycles. The van der Waals surface area contributed by atoms with Crippen LogP contribution < -0.4 is 0 Å². The molecule has 1 heterocycles. The number of carboxylic acid groups (broad SMARTS) is 1. The Hall–Kier alpha value is -1.26. The number of carbonyl (C=O) groups is 2. The van der Waals surface area contributed by atoms with Crippen molar-refractivity contribution in [1.29, 1.82) is 0 Å². The highest BCUT2D eigenvalue weighted by atomic mass is 16.5. The molecule has 1 fully saturated rings. The van der Waals surface area contributed by atoms with E-state index in [4.69, 9.17) is 9.84 Å². The molecule has 0 aromatic heterocycles. The highest BCUT2D eigenvalue weighted by molar-refractivity contribution is 5.73. The Labute approximate surface area is 89.0 Å². The number of nitrogens with zero attached hydrogens (tertiary/aromatic N) is 1. The molecule has 5 nitrogen and oxygen atoms in total. The molecular formula is C10H17NO4. The molecule has 0 aromatic carbocycles. The fourth-order valence-corrected chi connectivity index (χ4v) is 1.64. The summed E-state index contributed by atoms with van der Waals surface area (Å²) < 4.78 is 5.08. The van der Waals surface area contributed by atoms with Gasteiger partial charge in [0, 0.05) is 13.1 Å². The average molecular weight is 215 g/mol. The Kier molecular flexibility index (Phi) is 3.94. The Morgan fingerprint density at radius 2 is 1.87 bits per heavy atom. The summed E-state index contributed by atoms with van der Waals surface area (Å²) in [6.45, 7) is 4.47. The van der Waals surface area contributed by atoms with E-state index in [9.17, 15) is 9.59 Å². The first-order valence-electron chi connectivity index (χ1n) is 5.19. The molecule has 0 atom stereocenters. The van der Waals surface area contributed by atoms with Crippen LogP contribution in [0, 0.1) is 5.92 Å². The van der Waals surface area contributed by atoms with Crippen LogP contribution >= 0.6 is 0 Å². The van der Waals surface area contributed by atoms with Gasteiger partial charge in [0.05, 0.1) is 12.0 Å². The number of hydrogen-bond donors (Lipinski definition) is 1. The van der Waals surface area contributed by atoms with E-state index in [-0.39, 0.29) is 18.0 Å². The zero-order valence-corrected chi connectivity index (χ0v) is 9.10. The number of amides is 1. The van der Waals surface area contributed by atoms with Gasteiger partial charge in [-0.05, 0) is 26.7 Å². The molecule has 1 rings (SSSR count). The van der Waals surface area contributed by atoms with E-state index >= 15 is 0 Å². The minimum atomic E-state index is -0.911. The molecule has 1 amide bonds. The van der Waals surface area contributed by atoms with Gasteiger partial charge in [0.1, 0.15) is 0 Å². The van der Waals surface area contributed by atoms with Gasteiger partial charge in [-0.1, -0.05) is 0 Å². The van der Waals surface area contributed by atoms with Crippen LogP contribution in [0.25, 0.3) is 0 Å². The van der Waals surface area contributed by atoms with Gasteiger partial charge < -0.3 is 14.7 Å². The van der Waals surface area contributed by atoms with Crippen LogP contribution in [0.4, 0.5) is 4.79 Å². The Morgan fingerprint density at radius 1 is 1.33 bits per heavy atom. The summed E-state index contributed by atoms with van der Waals surface area (Å²) in [5.41, 5.74) is 0. The quantitative estimate of drug-likeness (QED) is 0.705. The third kappa shape index (κ3) is 3.42. The number of carbonyl (C=O) groups excluding carboxylic acids is 1. The summed E-state index contributed by atoms with van der Waals surface area (Å²) in [5.74, 6) is -0.335. The lowest BCUT2D eigenvalue weighted by Gasteiger charge is -2.29. The molecule has 15 heavy (non-hydrogen) atoms. The maximum atomic E-state index is 11.5. The summed E-state index contributed by atoms with van der Waals surface area (Å²) in [6.07, 6.45) is 0.121. The average Bonchev–Trinajstić information content (AvgIpc) is 2.17. The van der Waals surface area contributed by atoms with E-state index in [0.717, 1.165) is 0 Å². The highest BCUT2D eigenvalue weighted by Gasteiger charge is 2.28.